The minimum atomic E-state index is -0.130. The van der Waals surface area contributed by atoms with Crippen LogP contribution in [0.3, 0.4) is 0 Å². The van der Waals surface area contributed by atoms with Crippen LogP contribution in [0.2, 0.25) is 5.02 Å². The van der Waals surface area contributed by atoms with Gasteiger partial charge in [-0.25, -0.2) is 0 Å². The number of carbonyl (C=O) groups is 1. The summed E-state index contributed by atoms with van der Waals surface area (Å²) < 4.78 is 5.56. The van der Waals surface area contributed by atoms with Gasteiger partial charge in [0.1, 0.15) is 5.75 Å². The van der Waals surface area contributed by atoms with E-state index in [2.05, 4.69) is 44.3 Å². The monoisotopic (exact) mass is 345 g/mol. The lowest BCUT2D eigenvalue weighted by atomic mass is 9.97. The summed E-state index contributed by atoms with van der Waals surface area (Å²) in [6.45, 7) is 8.10. The number of amides is 1. The van der Waals surface area contributed by atoms with Gasteiger partial charge in [-0.1, -0.05) is 42.3 Å². The first-order chi connectivity index (χ1) is 11.4. The highest BCUT2D eigenvalue weighted by Crippen LogP contribution is 2.23. The highest BCUT2D eigenvalue weighted by atomic mass is 35.5. The van der Waals surface area contributed by atoms with Crippen molar-refractivity contribution >= 4 is 17.5 Å². The molecule has 0 radical (unpaired) electrons. The van der Waals surface area contributed by atoms with E-state index in [9.17, 15) is 4.79 Å². The molecule has 4 heteroatoms. The fraction of sp³-hybridized carbons (Fsp3) is 0.350. The molecule has 0 fully saturated rings. The highest BCUT2D eigenvalue weighted by molar-refractivity contribution is 6.31. The molecule has 128 valence electrons. The third kappa shape index (κ3) is 4.75. The second-order valence-corrected chi connectivity index (χ2v) is 6.50. The van der Waals surface area contributed by atoms with Crippen molar-refractivity contribution in [2.75, 3.05) is 6.61 Å². The third-order valence-corrected chi connectivity index (χ3v) is 4.47. The number of halogens is 1. The van der Waals surface area contributed by atoms with E-state index in [1.54, 1.807) is 12.1 Å². The quantitative estimate of drug-likeness (QED) is 0.807. The first-order valence-corrected chi connectivity index (χ1v) is 8.54. The number of nitrogens with one attached hydrogen (secondary N) is 1. The van der Waals surface area contributed by atoms with Crippen molar-refractivity contribution in [2.24, 2.45) is 0 Å². The molecule has 1 atom stereocenters. The number of rotatable bonds is 6. The Bertz CT molecular complexity index is 728. The molecule has 1 N–H and O–H groups in total. The molecule has 0 bridgehead atoms. The van der Waals surface area contributed by atoms with Crippen LogP contribution in [0.4, 0.5) is 0 Å². The van der Waals surface area contributed by atoms with Crippen molar-refractivity contribution < 1.29 is 9.53 Å². The minimum absolute atomic E-state index is 0.00588. The van der Waals surface area contributed by atoms with E-state index in [0.29, 0.717) is 10.8 Å². The average molecular weight is 346 g/mol. The Balaban J connectivity index is 1.97. The van der Waals surface area contributed by atoms with Crippen molar-refractivity contribution in [1.29, 1.82) is 0 Å². The molecule has 0 aliphatic rings. The van der Waals surface area contributed by atoms with Crippen molar-refractivity contribution in [3.05, 3.63) is 63.7 Å². The molecule has 2 rings (SSSR count). The molecule has 24 heavy (non-hydrogen) atoms. The molecule has 0 aliphatic carbocycles. The summed E-state index contributed by atoms with van der Waals surface area (Å²) in [7, 11) is 0. The van der Waals surface area contributed by atoms with Gasteiger partial charge >= 0.3 is 0 Å². The van der Waals surface area contributed by atoms with E-state index < -0.39 is 0 Å². The van der Waals surface area contributed by atoms with E-state index in [4.69, 9.17) is 16.3 Å². The smallest absolute Gasteiger partial charge is 0.258 e. The first kappa shape index (κ1) is 18.3. The third-order valence-electron chi connectivity index (χ3n) is 4.04. The second-order valence-electron chi connectivity index (χ2n) is 6.09. The molecule has 2 aromatic carbocycles. The predicted octanol–water partition coefficient (Wildman–Crippen LogP) is 4.91. The van der Waals surface area contributed by atoms with E-state index in [1.165, 1.54) is 11.1 Å². The Kier molecular flexibility index (Phi) is 6.27. The summed E-state index contributed by atoms with van der Waals surface area (Å²) in [5, 5.41) is 3.74. The first-order valence-electron chi connectivity index (χ1n) is 8.16. The molecule has 0 aliphatic heterocycles. The normalized spacial score (nSPS) is 11.9. The standard InChI is InChI=1S/C20H24ClNO2/c1-5-19(17-8-6-13(2)10-14(17)3)22-20(23)12-24-16-7-9-18(21)15(4)11-16/h6-11,19H,5,12H2,1-4H3,(H,22,23). The zero-order valence-electron chi connectivity index (χ0n) is 14.7. The lowest BCUT2D eigenvalue weighted by molar-refractivity contribution is -0.123. The van der Waals surface area contributed by atoms with Gasteiger partial charge in [-0.15, -0.1) is 0 Å². The molecule has 0 saturated heterocycles. The van der Waals surface area contributed by atoms with Gasteiger partial charge < -0.3 is 10.1 Å². The van der Waals surface area contributed by atoms with E-state index in [-0.39, 0.29) is 18.6 Å². The van der Waals surface area contributed by atoms with Gasteiger partial charge in [0.25, 0.3) is 5.91 Å². The lowest BCUT2D eigenvalue weighted by Crippen LogP contribution is -2.32. The average Bonchev–Trinajstić information content (AvgIpc) is 2.54. The van der Waals surface area contributed by atoms with Gasteiger partial charge in [0, 0.05) is 5.02 Å². The molecular weight excluding hydrogens is 322 g/mol. The van der Waals surface area contributed by atoms with Gasteiger partial charge in [0.05, 0.1) is 6.04 Å². The molecule has 0 heterocycles. The maximum atomic E-state index is 12.2. The van der Waals surface area contributed by atoms with Crippen molar-refractivity contribution in [1.82, 2.24) is 5.32 Å². The van der Waals surface area contributed by atoms with Crippen LogP contribution >= 0.6 is 11.6 Å². The van der Waals surface area contributed by atoms with Crippen LogP contribution in [0.5, 0.6) is 5.75 Å². The molecular formula is C20H24ClNO2. The van der Waals surface area contributed by atoms with Crippen LogP contribution in [0.25, 0.3) is 0 Å². The number of aryl methyl sites for hydroxylation is 3. The number of benzene rings is 2. The molecule has 1 amide bonds. The summed E-state index contributed by atoms with van der Waals surface area (Å²) in [6.07, 6.45) is 0.829. The van der Waals surface area contributed by atoms with E-state index in [1.807, 2.05) is 13.0 Å². The zero-order chi connectivity index (χ0) is 17.7. The topological polar surface area (TPSA) is 38.3 Å². The maximum absolute atomic E-state index is 12.2. The molecule has 0 saturated carbocycles. The second kappa shape index (κ2) is 8.20. The molecule has 3 nitrogen and oxygen atoms in total. The Hall–Kier alpha value is -2.00. The fourth-order valence-corrected chi connectivity index (χ4v) is 2.83. The van der Waals surface area contributed by atoms with Crippen molar-refractivity contribution in [2.45, 2.75) is 40.2 Å². The zero-order valence-corrected chi connectivity index (χ0v) is 15.4. The maximum Gasteiger partial charge on any atom is 0.258 e. The minimum Gasteiger partial charge on any atom is -0.484 e. The van der Waals surface area contributed by atoms with Crippen LogP contribution in [0.15, 0.2) is 36.4 Å². The Labute approximate surface area is 149 Å². The lowest BCUT2D eigenvalue weighted by Gasteiger charge is -2.20. The summed E-state index contributed by atoms with van der Waals surface area (Å²) in [4.78, 5) is 12.2. The molecule has 0 aromatic heterocycles. The number of hydrogen-bond donors (Lipinski definition) is 1. The number of ether oxygens (including phenoxy) is 1. The van der Waals surface area contributed by atoms with Gasteiger partial charge in [0.15, 0.2) is 6.61 Å². The molecule has 1 unspecified atom stereocenters. The summed E-state index contributed by atoms with van der Waals surface area (Å²) in [5.41, 5.74) is 4.49. The largest absolute Gasteiger partial charge is 0.484 e. The molecule has 2 aromatic rings. The van der Waals surface area contributed by atoms with Crippen molar-refractivity contribution in [3.8, 4) is 5.75 Å². The molecule has 0 spiro atoms. The van der Waals surface area contributed by atoms with Gasteiger partial charge in [0.2, 0.25) is 0 Å². The summed E-state index contributed by atoms with van der Waals surface area (Å²) >= 11 is 5.99. The predicted molar refractivity (Wildman–Crippen MR) is 98.8 cm³/mol. The summed E-state index contributed by atoms with van der Waals surface area (Å²) in [5.74, 6) is 0.515. The van der Waals surface area contributed by atoms with Crippen LogP contribution < -0.4 is 10.1 Å². The van der Waals surface area contributed by atoms with Crippen molar-refractivity contribution in [3.63, 3.8) is 0 Å². The van der Waals surface area contributed by atoms with Crippen LogP contribution in [0.1, 0.15) is 41.6 Å². The number of carbonyl (C=O) groups excluding carboxylic acids is 1. The Morgan fingerprint density at radius 1 is 1.12 bits per heavy atom. The highest BCUT2D eigenvalue weighted by Gasteiger charge is 2.15. The van der Waals surface area contributed by atoms with Gasteiger partial charge in [-0.2, -0.15) is 0 Å². The Morgan fingerprint density at radius 2 is 1.88 bits per heavy atom. The number of hydrogen-bond acceptors (Lipinski definition) is 2. The van der Waals surface area contributed by atoms with Gasteiger partial charge in [-0.05, 0) is 62.1 Å². The SMILES string of the molecule is CCC(NC(=O)COc1ccc(Cl)c(C)c1)c1ccc(C)cc1C. The van der Waals surface area contributed by atoms with Crippen LogP contribution in [-0.2, 0) is 4.79 Å². The fourth-order valence-electron chi connectivity index (χ4n) is 2.71. The van der Waals surface area contributed by atoms with E-state index in [0.717, 1.165) is 17.5 Å². The van der Waals surface area contributed by atoms with Crippen LogP contribution in [-0.4, -0.2) is 12.5 Å². The van der Waals surface area contributed by atoms with Crippen LogP contribution in [0, 0.1) is 20.8 Å². The van der Waals surface area contributed by atoms with E-state index >= 15 is 0 Å². The summed E-state index contributed by atoms with van der Waals surface area (Å²) in [6, 6.07) is 11.7. The van der Waals surface area contributed by atoms with Gasteiger partial charge in [-0.3, -0.25) is 4.79 Å². The Morgan fingerprint density at radius 3 is 2.50 bits per heavy atom.